The molecule has 3 heterocycles. The van der Waals surface area contributed by atoms with E-state index in [0.717, 1.165) is 24.9 Å². The number of allylic oxidation sites excluding steroid dienone is 1. The molecule has 0 saturated carbocycles. The van der Waals surface area contributed by atoms with Gasteiger partial charge in [-0.05, 0) is 83.2 Å². The topological polar surface area (TPSA) is 238 Å². The number of piperazine rings is 1. The van der Waals surface area contributed by atoms with Crippen LogP contribution in [0.5, 0.6) is 11.5 Å². The largest absolute Gasteiger partial charge is 0.493 e. The van der Waals surface area contributed by atoms with Crippen LogP contribution in [0.4, 0.5) is 9.59 Å². The Morgan fingerprint density at radius 2 is 1.88 bits per heavy atom. The molecule has 2 bridgehead atoms. The monoisotopic (exact) mass is 808 g/mol. The van der Waals surface area contributed by atoms with Crippen LogP contribution in [0.15, 0.2) is 29.0 Å². The molecule has 6 atom stereocenters. The number of piperidine rings is 1. The van der Waals surface area contributed by atoms with Crippen molar-refractivity contribution in [3.05, 3.63) is 35.1 Å². The fourth-order valence-corrected chi connectivity index (χ4v) is 9.44. The van der Waals surface area contributed by atoms with Crippen LogP contribution in [0.3, 0.4) is 0 Å². The number of carbonyl (C=O) groups is 6. The summed E-state index contributed by atoms with van der Waals surface area (Å²) in [5.74, 6) is -0.703. The van der Waals surface area contributed by atoms with Gasteiger partial charge in [0.05, 0.1) is 32.7 Å². The summed E-state index contributed by atoms with van der Waals surface area (Å²) in [6.07, 6.45) is 2.74. The Balaban J connectivity index is 1.18. The van der Waals surface area contributed by atoms with Gasteiger partial charge in [0, 0.05) is 62.1 Å². The fraction of sp³-hybridized carbons (Fsp3) is 0.625. The maximum absolute atomic E-state index is 14.3. The molecule has 2 fully saturated rings. The lowest BCUT2D eigenvalue weighted by atomic mass is 9.53. The van der Waals surface area contributed by atoms with Crippen molar-refractivity contribution in [2.24, 2.45) is 28.3 Å². The third-order valence-corrected chi connectivity index (χ3v) is 12.1. The van der Waals surface area contributed by atoms with E-state index in [9.17, 15) is 28.8 Å². The molecule has 6 rings (SSSR count). The molecule has 0 aromatic heterocycles. The Morgan fingerprint density at radius 3 is 2.60 bits per heavy atom. The highest BCUT2D eigenvalue weighted by atomic mass is 16.6. The molecule has 0 radical (unpaired) electrons. The van der Waals surface area contributed by atoms with Crippen molar-refractivity contribution < 1.29 is 47.7 Å². The van der Waals surface area contributed by atoms with Crippen molar-refractivity contribution in [2.45, 2.75) is 82.4 Å². The van der Waals surface area contributed by atoms with Gasteiger partial charge in [0.1, 0.15) is 11.5 Å². The average Bonchev–Trinajstić information content (AvgIpc) is 3.54. The van der Waals surface area contributed by atoms with E-state index < -0.39 is 53.3 Å². The fourth-order valence-electron chi connectivity index (χ4n) is 9.44. The molecule has 4 amide bonds. The minimum absolute atomic E-state index is 0.0511. The number of carbonyl (C=O) groups excluding carboxylic acids is 6. The summed E-state index contributed by atoms with van der Waals surface area (Å²) in [7, 11) is 3.78. The van der Waals surface area contributed by atoms with Crippen molar-refractivity contribution in [1.29, 1.82) is 0 Å². The zero-order valence-electron chi connectivity index (χ0n) is 33.8. The average molecular weight is 809 g/mol. The SMILES string of the molecule is CCOC(=O)N1CCN(C(=O)OC2=CCC3[C@H]4Cc5ccc(OC)c6c5[C@@]3(CCN4C)[C@@H]2O6)C(CNC(=O)[C@H](CCCN=C(N)N)CC(=O)CNC(=O)CC(C)=O)C1. The lowest BCUT2D eigenvalue weighted by molar-refractivity contribution is -0.131. The predicted octanol–water partition coefficient (Wildman–Crippen LogP) is 0.978. The first-order chi connectivity index (χ1) is 27.8. The number of ether oxygens (including phenoxy) is 4. The third-order valence-electron chi connectivity index (χ3n) is 12.1. The molecule has 2 unspecified atom stereocenters. The number of nitrogens with zero attached hydrogens (tertiary/aromatic N) is 4. The summed E-state index contributed by atoms with van der Waals surface area (Å²) in [5.41, 5.74) is 12.9. The van der Waals surface area contributed by atoms with Gasteiger partial charge in [0.2, 0.25) is 11.8 Å². The van der Waals surface area contributed by atoms with Crippen molar-refractivity contribution in [2.75, 3.05) is 66.6 Å². The lowest BCUT2D eigenvalue weighted by Gasteiger charge is -2.56. The molecule has 6 N–H and O–H groups in total. The van der Waals surface area contributed by atoms with Gasteiger partial charge in [-0.3, -0.25) is 29.1 Å². The normalized spacial score (nSPS) is 24.6. The first kappa shape index (κ1) is 42.2. The number of guanidine groups is 1. The molecule has 3 aliphatic heterocycles. The molecule has 1 aromatic rings. The van der Waals surface area contributed by atoms with Gasteiger partial charge in [-0.15, -0.1) is 0 Å². The van der Waals surface area contributed by atoms with Crippen LogP contribution in [0.1, 0.15) is 63.5 Å². The summed E-state index contributed by atoms with van der Waals surface area (Å²) >= 11 is 0. The lowest BCUT2D eigenvalue weighted by Crippen LogP contribution is -2.64. The van der Waals surface area contributed by atoms with E-state index in [1.54, 1.807) is 14.0 Å². The van der Waals surface area contributed by atoms with Gasteiger partial charge in [-0.2, -0.15) is 0 Å². The second-order valence-electron chi connectivity index (χ2n) is 15.8. The number of likely N-dealkylation sites (tertiary alicyclic amines) is 1. The first-order valence-corrected chi connectivity index (χ1v) is 20.1. The molecule has 5 aliphatic rings. The van der Waals surface area contributed by atoms with Crippen LogP contribution in [-0.4, -0.2) is 141 Å². The van der Waals surface area contributed by atoms with E-state index in [-0.39, 0.29) is 82.8 Å². The Labute approximate surface area is 337 Å². The quantitative estimate of drug-likeness (QED) is 0.0790. The Kier molecular flexibility index (Phi) is 13.1. The molecule has 316 valence electrons. The Morgan fingerprint density at radius 1 is 1.09 bits per heavy atom. The van der Waals surface area contributed by atoms with Crippen molar-refractivity contribution in [1.82, 2.24) is 25.3 Å². The molecule has 18 nitrogen and oxygen atoms in total. The van der Waals surface area contributed by atoms with Crippen molar-refractivity contribution in [3.63, 3.8) is 0 Å². The van der Waals surface area contributed by atoms with E-state index in [4.69, 9.17) is 30.4 Å². The van der Waals surface area contributed by atoms with Crippen LogP contribution in [0.2, 0.25) is 0 Å². The number of aliphatic imine (C=N–C) groups is 1. The third kappa shape index (κ3) is 8.71. The van der Waals surface area contributed by atoms with Gasteiger partial charge in [-0.1, -0.05) is 6.07 Å². The molecular formula is C40H56N8O10. The second-order valence-corrected chi connectivity index (χ2v) is 15.8. The number of Topliss-reactive ketones (excluding diaryl/α,β-unsaturated/α-hetero) is 2. The first-order valence-electron chi connectivity index (χ1n) is 20.1. The van der Waals surface area contributed by atoms with Crippen molar-refractivity contribution >= 4 is 41.5 Å². The summed E-state index contributed by atoms with van der Waals surface area (Å²) in [4.78, 5) is 86.5. The number of rotatable bonds is 16. The maximum Gasteiger partial charge on any atom is 0.415 e. The number of hydrogen-bond acceptors (Lipinski definition) is 12. The number of hydrogen-bond donors (Lipinski definition) is 4. The van der Waals surface area contributed by atoms with Crippen LogP contribution in [-0.2, 0) is 40.5 Å². The standard InChI is InChI=1S/C40H56N8O10/c1-5-56-38(53)47-15-16-48(26(22-47)20-45-36(52)25(7-6-13-43-37(41)42)18-27(50)21-44-32(51)17-23(2)49)39(54)57-31-11-9-28-29-19-24-8-10-30(55-4)34-33(24)40(28,35(31)58-34)12-14-46(29)3/h8,10-11,25-26,28-29,35H,5-7,9,12-22H2,1-4H3,(H,44,51)(H,45,52)(H4,41,42,43)/t25-,26?,28?,29-,35-,40+/m1/s1. The Hall–Kier alpha value is -5.39. The summed E-state index contributed by atoms with van der Waals surface area (Å²) < 4.78 is 24.1. The van der Waals surface area contributed by atoms with Gasteiger partial charge in [0.25, 0.3) is 0 Å². The van der Waals surface area contributed by atoms with Gasteiger partial charge < -0.3 is 50.8 Å². The highest BCUT2D eigenvalue weighted by molar-refractivity contribution is 5.98. The van der Waals surface area contributed by atoms with Gasteiger partial charge in [0.15, 0.2) is 29.3 Å². The highest BCUT2D eigenvalue weighted by Gasteiger charge is 2.65. The van der Waals surface area contributed by atoms with Crippen LogP contribution in [0, 0.1) is 11.8 Å². The molecule has 1 aromatic carbocycles. The zero-order chi connectivity index (χ0) is 41.7. The van der Waals surface area contributed by atoms with Crippen LogP contribution >= 0.6 is 0 Å². The summed E-state index contributed by atoms with van der Waals surface area (Å²) in [5, 5.41) is 5.32. The molecule has 2 saturated heterocycles. The van der Waals surface area contributed by atoms with E-state index >= 15 is 0 Å². The van der Waals surface area contributed by atoms with Crippen molar-refractivity contribution in [3.8, 4) is 11.5 Å². The smallest absolute Gasteiger partial charge is 0.415 e. The minimum Gasteiger partial charge on any atom is -0.493 e. The van der Waals surface area contributed by atoms with Crippen LogP contribution in [0.25, 0.3) is 0 Å². The number of nitrogens with one attached hydrogen (secondary N) is 2. The molecule has 2 aliphatic carbocycles. The highest BCUT2D eigenvalue weighted by Crippen LogP contribution is 2.63. The number of benzene rings is 1. The van der Waals surface area contributed by atoms with E-state index in [1.807, 2.05) is 12.1 Å². The van der Waals surface area contributed by atoms with Gasteiger partial charge in [-0.25, -0.2) is 9.59 Å². The number of methoxy groups -OCH3 is 1. The minimum atomic E-state index is -0.826. The number of ketones is 2. The Bertz CT molecular complexity index is 1850. The number of likely N-dealkylation sites (N-methyl/N-ethyl adjacent to an activating group) is 1. The molecule has 1 spiro atoms. The number of nitrogens with two attached hydrogens (primary N) is 2. The molecular weight excluding hydrogens is 752 g/mol. The van der Waals surface area contributed by atoms with E-state index in [1.165, 1.54) is 22.3 Å². The van der Waals surface area contributed by atoms with E-state index in [2.05, 4.69) is 33.6 Å². The zero-order valence-corrected chi connectivity index (χ0v) is 33.8. The predicted molar refractivity (Wildman–Crippen MR) is 210 cm³/mol. The number of amides is 4. The molecule has 18 heteroatoms. The van der Waals surface area contributed by atoms with E-state index in [0.29, 0.717) is 36.1 Å². The van der Waals surface area contributed by atoms with Gasteiger partial charge >= 0.3 is 12.2 Å². The maximum atomic E-state index is 14.3. The molecule has 58 heavy (non-hydrogen) atoms. The summed E-state index contributed by atoms with van der Waals surface area (Å²) in [6, 6.07) is 3.65. The second kappa shape index (κ2) is 18.0. The van der Waals surface area contributed by atoms with Crippen LogP contribution < -0.4 is 31.6 Å². The summed E-state index contributed by atoms with van der Waals surface area (Å²) in [6.45, 7) is 4.16.